The fraction of sp³-hybridized carbons (Fsp3) is 0.444. The second kappa shape index (κ2) is 4.97. The van der Waals surface area contributed by atoms with Gasteiger partial charge in [-0.25, -0.2) is 9.97 Å². The molecule has 0 bridgehead atoms. The maximum Gasteiger partial charge on any atom is 0.131 e. The molecule has 1 heterocycles. The molecular weight excluding hydrogens is 272 g/mol. The Morgan fingerprint density at radius 2 is 1.95 bits per heavy atom. The number of rotatable bonds is 2. The van der Waals surface area contributed by atoms with E-state index in [0.717, 1.165) is 17.7 Å². The molecule has 3 rings (SSSR count). The predicted octanol–water partition coefficient (Wildman–Crippen LogP) is 3.40. The van der Waals surface area contributed by atoms with E-state index in [1.54, 1.807) is 6.33 Å². The van der Waals surface area contributed by atoms with Crippen molar-refractivity contribution in [1.29, 1.82) is 0 Å². The molecule has 0 radical (unpaired) electrons. The van der Waals surface area contributed by atoms with Crippen LogP contribution in [-0.4, -0.2) is 23.1 Å². The molecule has 1 aromatic heterocycles. The quantitative estimate of drug-likeness (QED) is 0.922. The van der Waals surface area contributed by atoms with Gasteiger partial charge < -0.3 is 10.6 Å². The van der Waals surface area contributed by atoms with Crippen molar-refractivity contribution < 1.29 is 0 Å². The van der Waals surface area contributed by atoms with Gasteiger partial charge in [-0.2, -0.15) is 0 Å². The summed E-state index contributed by atoms with van der Waals surface area (Å²) in [7, 11) is 2.15. The molecule has 0 saturated heterocycles. The summed E-state index contributed by atoms with van der Waals surface area (Å²) in [5.41, 5.74) is 12.0. The summed E-state index contributed by atoms with van der Waals surface area (Å²) in [6, 6.07) is 6.90. The average Bonchev–Trinajstić information content (AvgIpc) is 2.45. The van der Waals surface area contributed by atoms with Gasteiger partial charge in [-0.15, -0.1) is 0 Å². The molecule has 0 amide bonds. The minimum Gasteiger partial charge on any atom is -0.383 e. The van der Waals surface area contributed by atoms with Gasteiger partial charge in [-0.05, 0) is 37.3 Å². The molecular formula is C18H24N4. The number of nitrogens with two attached hydrogens (primary N) is 1. The number of aromatic nitrogens is 2. The standard InChI is InChI=1S/C18H24N4/c1-11(2)22(5)14-8-6-7-12-13(14)9-18(3,4)15-16(12)20-10-21-17(15)19/h6-8,10-11H,9H2,1-5H3,(H2,19,20,21). The van der Waals surface area contributed by atoms with Crippen LogP contribution in [0, 0.1) is 0 Å². The van der Waals surface area contributed by atoms with E-state index in [-0.39, 0.29) is 5.41 Å². The number of nitrogens with zero attached hydrogens (tertiary/aromatic N) is 3. The van der Waals surface area contributed by atoms with Gasteiger partial charge in [0, 0.05) is 29.9 Å². The molecule has 4 heteroatoms. The Balaban J connectivity index is 2.28. The zero-order chi connectivity index (χ0) is 16.1. The molecule has 0 saturated carbocycles. The molecule has 116 valence electrons. The van der Waals surface area contributed by atoms with E-state index in [1.807, 2.05) is 0 Å². The van der Waals surface area contributed by atoms with Gasteiger partial charge in [-0.3, -0.25) is 0 Å². The first kappa shape index (κ1) is 14.8. The van der Waals surface area contributed by atoms with Gasteiger partial charge in [-0.1, -0.05) is 26.0 Å². The molecule has 22 heavy (non-hydrogen) atoms. The van der Waals surface area contributed by atoms with Gasteiger partial charge in [0.15, 0.2) is 0 Å². The Morgan fingerprint density at radius 3 is 2.64 bits per heavy atom. The van der Waals surface area contributed by atoms with Gasteiger partial charge >= 0.3 is 0 Å². The van der Waals surface area contributed by atoms with Crippen LogP contribution in [0.5, 0.6) is 0 Å². The summed E-state index contributed by atoms with van der Waals surface area (Å²) in [4.78, 5) is 11.1. The van der Waals surface area contributed by atoms with Crippen molar-refractivity contribution >= 4 is 11.5 Å². The summed E-state index contributed by atoms with van der Waals surface area (Å²) in [5, 5.41) is 0. The normalized spacial score (nSPS) is 15.4. The summed E-state index contributed by atoms with van der Waals surface area (Å²) in [5.74, 6) is 0.600. The highest BCUT2D eigenvalue weighted by molar-refractivity contribution is 5.80. The van der Waals surface area contributed by atoms with Gasteiger partial charge in [0.25, 0.3) is 0 Å². The molecule has 1 aliphatic carbocycles. The van der Waals surface area contributed by atoms with E-state index in [4.69, 9.17) is 5.73 Å². The highest BCUT2D eigenvalue weighted by atomic mass is 15.1. The zero-order valence-electron chi connectivity index (χ0n) is 14.0. The van der Waals surface area contributed by atoms with Crippen LogP contribution >= 0.6 is 0 Å². The van der Waals surface area contributed by atoms with Crippen molar-refractivity contribution in [3.05, 3.63) is 35.7 Å². The Bertz CT molecular complexity index is 719. The van der Waals surface area contributed by atoms with Crippen LogP contribution in [0.25, 0.3) is 11.3 Å². The SMILES string of the molecule is CC(C)N(C)c1cccc2c1CC(C)(C)c1c(N)ncnc1-2. The van der Waals surface area contributed by atoms with Crippen LogP contribution < -0.4 is 10.6 Å². The van der Waals surface area contributed by atoms with Crippen molar-refractivity contribution in [3.8, 4) is 11.3 Å². The number of fused-ring (bicyclic) bond motifs is 3. The number of hydrogen-bond acceptors (Lipinski definition) is 4. The van der Waals surface area contributed by atoms with E-state index in [1.165, 1.54) is 16.8 Å². The Morgan fingerprint density at radius 1 is 1.23 bits per heavy atom. The lowest BCUT2D eigenvalue weighted by atomic mass is 9.71. The monoisotopic (exact) mass is 296 g/mol. The molecule has 4 nitrogen and oxygen atoms in total. The maximum atomic E-state index is 6.16. The minimum atomic E-state index is -0.0679. The number of anilines is 2. The molecule has 0 unspecified atom stereocenters. The van der Waals surface area contributed by atoms with E-state index >= 15 is 0 Å². The van der Waals surface area contributed by atoms with Gasteiger partial charge in [0.2, 0.25) is 0 Å². The van der Waals surface area contributed by atoms with Crippen molar-refractivity contribution in [3.63, 3.8) is 0 Å². The summed E-state index contributed by atoms with van der Waals surface area (Å²) >= 11 is 0. The highest BCUT2D eigenvalue weighted by Gasteiger charge is 2.35. The molecule has 0 aliphatic heterocycles. The topological polar surface area (TPSA) is 55.0 Å². The maximum absolute atomic E-state index is 6.16. The fourth-order valence-electron chi connectivity index (χ4n) is 3.39. The fourth-order valence-corrected chi connectivity index (χ4v) is 3.39. The minimum absolute atomic E-state index is 0.0679. The van der Waals surface area contributed by atoms with E-state index in [0.29, 0.717) is 11.9 Å². The third-order valence-corrected chi connectivity index (χ3v) is 4.73. The van der Waals surface area contributed by atoms with Crippen molar-refractivity contribution in [2.75, 3.05) is 17.7 Å². The molecule has 1 aliphatic rings. The van der Waals surface area contributed by atoms with Gasteiger partial charge in [0.05, 0.1) is 5.69 Å². The largest absolute Gasteiger partial charge is 0.383 e. The van der Waals surface area contributed by atoms with Crippen molar-refractivity contribution in [2.24, 2.45) is 0 Å². The Hall–Kier alpha value is -2.10. The smallest absolute Gasteiger partial charge is 0.131 e. The third-order valence-electron chi connectivity index (χ3n) is 4.73. The van der Waals surface area contributed by atoms with Crippen molar-refractivity contribution in [1.82, 2.24) is 9.97 Å². The molecule has 0 atom stereocenters. The second-order valence-corrected chi connectivity index (χ2v) is 7.05. The van der Waals surface area contributed by atoms with E-state index < -0.39 is 0 Å². The first-order valence-electron chi connectivity index (χ1n) is 7.79. The van der Waals surface area contributed by atoms with E-state index in [2.05, 4.69) is 67.8 Å². The molecule has 1 aromatic carbocycles. The summed E-state index contributed by atoms with van der Waals surface area (Å²) in [6.45, 7) is 8.87. The van der Waals surface area contributed by atoms with Crippen LogP contribution in [0.2, 0.25) is 0 Å². The molecule has 2 aromatic rings. The second-order valence-electron chi connectivity index (χ2n) is 7.05. The number of nitrogen functional groups attached to an aromatic ring is 1. The average molecular weight is 296 g/mol. The Kier molecular flexibility index (Phi) is 3.35. The van der Waals surface area contributed by atoms with Crippen LogP contribution in [0.15, 0.2) is 24.5 Å². The lowest BCUT2D eigenvalue weighted by molar-refractivity contribution is 0.514. The van der Waals surface area contributed by atoms with Crippen LogP contribution in [-0.2, 0) is 11.8 Å². The number of hydrogen-bond donors (Lipinski definition) is 1. The molecule has 0 fully saturated rings. The predicted molar refractivity (Wildman–Crippen MR) is 92.1 cm³/mol. The molecule has 2 N–H and O–H groups in total. The number of benzene rings is 1. The Labute approximate surface area is 132 Å². The first-order chi connectivity index (χ1) is 10.3. The lowest BCUT2D eigenvalue weighted by Crippen LogP contribution is -2.32. The zero-order valence-corrected chi connectivity index (χ0v) is 14.0. The van der Waals surface area contributed by atoms with Crippen LogP contribution in [0.3, 0.4) is 0 Å². The van der Waals surface area contributed by atoms with Crippen LogP contribution in [0.4, 0.5) is 11.5 Å². The third kappa shape index (κ3) is 2.14. The molecule has 0 spiro atoms. The summed E-state index contributed by atoms with van der Waals surface area (Å²) in [6.07, 6.45) is 2.51. The first-order valence-corrected chi connectivity index (χ1v) is 7.79. The van der Waals surface area contributed by atoms with Gasteiger partial charge in [0.1, 0.15) is 12.1 Å². The van der Waals surface area contributed by atoms with E-state index in [9.17, 15) is 0 Å². The van der Waals surface area contributed by atoms with Crippen molar-refractivity contribution in [2.45, 2.75) is 45.6 Å². The highest BCUT2D eigenvalue weighted by Crippen LogP contribution is 2.46. The lowest BCUT2D eigenvalue weighted by Gasteiger charge is -2.37. The van der Waals surface area contributed by atoms with Crippen LogP contribution in [0.1, 0.15) is 38.8 Å². The summed E-state index contributed by atoms with van der Waals surface area (Å²) < 4.78 is 0.